The number of hydrogen-bond acceptors (Lipinski definition) is 1. The van der Waals surface area contributed by atoms with E-state index in [1.165, 1.54) is 44.2 Å². The Morgan fingerprint density at radius 2 is 1.50 bits per heavy atom. The largest absolute Gasteiger partial charge is 0.295 e. The van der Waals surface area contributed by atoms with Gasteiger partial charge in [-0.25, -0.2) is 0 Å². The molecule has 0 radical (unpaired) electrons. The Morgan fingerprint density at radius 3 is 2.00 bits per heavy atom. The number of hydrogen-bond donors (Lipinski definition) is 0. The first-order valence-corrected chi connectivity index (χ1v) is 10.3. The number of ketones is 1. The average molecular weight is 240 g/mol. The van der Waals surface area contributed by atoms with Crippen molar-refractivity contribution in [1.82, 2.24) is 0 Å². The van der Waals surface area contributed by atoms with Crippen LogP contribution in [0.1, 0.15) is 44.9 Å². The van der Waals surface area contributed by atoms with Crippen LogP contribution in [0.15, 0.2) is 12.7 Å². The van der Waals surface area contributed by atoms with Crippen molar-refractivity contribution in [3.8, 4) is 0 Å². The van der Waals surface area contributed by atoms with E-state index in [1.807, 2.05) is 0 Å². The molecule has 0 unspecified atom stereocenters. The summed E-state index contributed by atoms with van der Waals surface area (Å²) in [6.45, 7) is 10.8. The van der Waals surface area contributed by atoms with Gasteiger partial charge in [-0.05, 0) is 12.5 Å². The molecule has 0 rings (SSSR count). The molecule has 0 fully saturated rings. The zero-order chi connectivity index (χ0) is 12.4. The lowest BCUT2D eigenvalue weighted by atomic mass is 10.1. The standard InChI is InChI=1S/C14H28OSi/c1-5-14(15)12-10-8-6-7-9-11-13-16(2,3)4/h5H,1,6-13H2,2-4H3. The van der Waals surface area contributed by atoms with Crippen LogP contribution in [0.5, 0.6) is 0 Å². The van der Waals surface area contributed by atoms with Crippen molar-refractivity contribution in [2.45, 2.75) is 70.6 Å². The molecule has 0 bridgehead atoms. The summed E-state index contributed by atoms with van der Waals surface area (Å²) in [6, 6.07) is 1.46. The minimum absolute atomic E-state index is 0.193. The van der Waals surface area contributed by atoms with E-state index in [1.54, 1.807) is 0 Å². The lowest BCUT2D eigenvalue weighted by molar-refractivity contribution is -0.114. The Morgan fingerprint density at radius 1 is 1.00 bits per heavy atom. The third-order valence-electron chi connectivity index (χ3n) is 2.83. The van der Waals surface area contributed by atoms with Gasteiger partial charge in [0.05, 0.1) is 0 Å². The molecule has 0 saturated heterocycles. The van der Waals surface area contributed by atoms with Crippen LogP contribution in [0.2, 0.25) is 25.7 Å². The highest BCUT2D eigenvalue weighted by atomic mass is 28.3. The van der Waals surface area contributed by atoms with Crippen molar-refractivity contribution in [2.24, 2.45) is 0 Å². The van der Waals surface area contributed by atoms with Crippen LogP contribution in [0.3, 0.4) is 0 Å². The highest BCUT2D eigenvalue weighted by molar-refractivity contribution is 6.76. The van der Waals surface area contributed by atoms with Crippen molar-refractivity contribution in [3.05, 3.63) is 12.7 Å². The fraction of sp³-hybridized carbons (Fsp3) is 0.786. The van der Waals surface area contributed by atoms with E-state index in [4.69, 9.17) is 0 Å². The lowest BCUT2D eigenvalue weighted by Crippen LogP contribution is -2.18. The van der Waals surface area contributed by atoms with Gasteiger partial charge >= 0.3 is 0 Å². The summed E-state index contributed by atoms with van der Waals surface area (Å²) in [6.07, 6.45) is 9.78. The molecule has 0 aliphatic carbocycles. The molecule has 16 heavy (non-hydrogen) atoms. The second-order valence-corrected chi connectivity index (χ2v) is 11.5. The molecule has 2 heteroatoms. The molecular weight excluding hydrogens is 212 g/mol. The molecule has 94 valence electrons. The van der Waals surface area contributed by atoms with Crippen molar-refractivity contribution in [3.63, 3.8) is 0 Å². The van der Waals surface area contributed by atoms with Gasteiger partial charge in [0.15, 0.2) is 5.78 Å². The number of rotatable bonds is 10. The summed E-state index contributed by atoms with van der Waals surface area (Å²) >= 11 is 0. The minimum Gasteiger partial charge on any atom is -0.295 e. The van der Waals surface area contributed by atoms with Gasteiger partial charge in [0, 0.05) is 14.5 Å². The van der Waals surface area contributed by atoms with E-state index in [0.29, 0.717) is 6.42 Å². The Kier molecular flexibility index (Phi) is 8.54. The lowest BCUT2D eigenvalue weighted by Gasteiger charge is -2.14. The quantitative estimate of drug-likeness (QED) is 0.304. The van der Waals surface area contributed by atoms with Crippen LogP contribution in [0.4, 0.5) is 0 Å². The highest BCUT2D eigenvalue weighted by Crippen LogP contribution is 2.15. The van der Waals surface area contributed by atoms with E-state index in [9.17, 15) is 4.79 Å². The summed E-state index contributed by atoms with van der Waals surface area (Å²) in [5, 5.41) is 0. The van der Waals surface area contributed by atoms with Gasteiger partial charge in [-0.15, -0.1) is 0 Å². The maximum Gasteiger partial charge on any atom is 0.155 e. The van der Waals surface area contributed by atoms with Gasteiger partial charge in [-0.2, -0.15) is 0 Å². The van der Waals surface area contributed by atoms with Gasteiger partial charge in [0.25, 0.3) is 0 Å². The zero-order valence-corrected chi connectivity index (χ0v) is 12.3. The van der Waals surface area contributed by atoms with Crippen LogP contribution in [0.25, 0.3) is 0 Å². The summed E-state index contributed by atoms with van der Waals surface area (Å²) in [5.74, 6) is 0.193. The van der Waals surface area contributed by atoms with Gasteiger partial charge in [0.2, 0.25) is 0 Å². The summed E-state index contributed by atoms with van der Waals surface area (Å²) in [5.41, 5.74) is 0. The summed E-state index contributed by atoms with van der Waals surface area (Å²) in [4.78, 5) is 10.9. The fourth-order valence-electron chi connectivity index (χ4n) is 1.76. The van der Waals surface area contributed by atoms with E-state index in [0.717, 1.165) is 6.42 Å². The first-order valence-electron chi connectivity index (χ1n) is 6.61. The van der Waals surface area contributed by atoms with Crippen molar-refractivity contribution in [2.75, 3.05) is 0 Å². The Balaban J connectivity index is 3.16. The maximum absolute atomic E-state index is 10.9. The topological polar surface area (TPSA) is 17.1 Å². The molecule has 1 nitrogen and oxygen atoms in total. The van der Waals surface area contributed by atoms with Crippen LogP contribution in [-0.2, 0) is 4.79 Å². The number of allylic oxidation sites excluding steroid dienone is 1. The van der Waals surface area contributed by atoms with Gasteiger partial charge < -0.3 is 0 Å². The number of carbonyl (C=O) groups is 1. The van der Waals surface area contributed by atoms with E-state index in [-0.39, 0.29) is 5.78 Å². The zero-order valence-electron chi connectivity index (χ0n) is 11.3. The predicted molar refractivity (Wildman–Crippen MR) is 75.7 cm³/mol. The van der Waals surface area contributed by atoms with Crippen LogP contribution >= 0.6 is 0 Å². The van der Waals surface area contributed by atoms with Gasteiger partial charge in [0.1, 0.15) is 0 Å². The molecule has 0 heterocycles. The molecule has 0 N–H and O–H groups in total. The molecule has 0 aromatic carbocycles. The third kappa shape index (κ3) is 11.7. The predicted octanol–water partition coefficient (Wildman–Crippen LogP) is 4.81. The third-order valence-corrected chi connectivity index (χ3v) is 4.68. The molecule has 0 aromatic heterocycles. The Hall–Kier alpha value is -0.373. The molecule has 0 spiro atoms. The van der Waals surface area contributed by atoms with Crippen molar-refractivity contribution in [1.29, 1.82) is 0 Å². The summed E-state index contributed by atoms with van der Waals surface area (Å²) < 4.78 is 0. The van der Waals surface area contributed by atoms with Crippen molar-refractivity contribution < 1.29 is 4.79 Å². The molecule has 0 aliphatic rings. The normalized spacial score (nSPS) is 11.4. The van der Waals surface area contributed by atoms with Crippen molar-refractivity contribution >= 4 is 13.9 Å². The second kappa shape index (κ2) is 8.74. The highest BCUT2D eigenvalue weighted by Gasteiger charge is 2.11. The van der Waals surface area contributed by atoms with E-state index >= 15 is 0 Å². The molecule has 0 atom stereocenters. The Bertz CT molecular complexity index is 203. The molecule has 0 aliphatic heterocycles. The van der Waals surface area contributed by atoms with Crippen LogP contribution < -0.4 is 0 Å². The Labute approximate surface area is 102 Å². The smallest absolute Gasteiger partial charge is 0.155 e. The SMILES string of the molecule is C=CC(=O)CCCCCCCC[Si](C)(C)C. The number of carbonyl (C=O) groups excluding carboxylic acids is 1. The first kappa shape index (κ1) is 15.6. The average Bonchev–Trinajstić information content (AvgIpc) is 2.20. The number of unbranched alkanes of at least 4 members (excludes halogenated alkanes) is 5. The van der Waals surface area contributed by atoms with Gasteiger partial charge in [-0.3, -0.25) is 4.79 Å². The molecular formula is C14H28OSi. The monoisotopic (exact) mass is 240 g/mol. The minimum atomic E-state index is -0.808. The van der Waals surface area contributed by atoms with Crippen LogP contribution in [0, 0.1) is 0 Å². The fourth-order valence-corrected chi connectivity index (χ4v) is 3.07. The van der Waals surface area contributed by atoms with E-state index in [2.05, 4.69) is 26.2 Å². The van der Waals surface area contributed by atoms with E-state index < -0.39 is 8.07 Å². The van der Waals surface area contributed by atoms with Crippen LogP contribution in [-0.4, -0.2) is 13.9 Å². The second-order valence-electron chi connectivity index (χ2n) is 5.85. The molecule has 0 amide bonds. The first-order chi connectivity index (χ1) is 7.45. The van der Waals surface area contributed by atoms with Gasteiger partial charge in [-0.1, -0.05) is 64.4 Å². The molecule has 0 aromatic rings. The maximum atomic E-state index is 10.9. The molecule has 0 saturated carbocycles. The summed E-state index contributed by atoms with van der Waals surface area (Å²) in [7, 11) is -0.808.